The molecule has 0 N–H and O–H groups in total. The molecule has 2 atom stereocenters. The molecule has 2 unspecified atom stereocenters. The van der Waals surface area contributed by atoms with E-state index in [1.165, 1.54) is 19.3 Å². The summed E-state index contributed by atoms with van der Waals surface area (Å²) in [5.41, 5.74) is 0. The van der Waals surface area contributed by atoms with E-state index in [4.69, 9.17) is 4.74 Å². The zero-order chi connectivity index (χ0) is 13.1. The van der Waals surface area contributed by atoms with Crippen molar-refractivity contribution < 1.29 is 9.53 Å². The molecule has 1 saturated carbocycles. The maximum absolute atomic E-state index is 12.3. The van der Waals surface area contributed by atoms with E-state index in [1.54, 1.807) is 0 Å². The average Bonchev–Trinajstić information content (AvgIpc) is 3.26. The van der Waals surface area contributed by atoms with E-state index < -0.39 is 0 Å². The first kappa shape index (κ1) is 12.5. The number of benzene rings is 1. The van der Waals surface area contributed by atoms with Crippen LogP contribution in [-0.2, 0) is 4.79 Å². The second-order valence-electron chi connectivity index (χ2n) is 5.61. The predicted molar refractivity (Wildman–Crippen MR) is 74.0 cm³/mol. The Balaban J connectivity index is 1.44. The molecule has 0 aromatic heterocycles. The molecule has 0 bridgehead atoms. The first-order valence-corrected chi connectivity index (χ1v) is 7.31. The van der Waals surface area contributed by atoms with Gasteiger partial charge in [0, 0.05) is 24.9 Å². The van der Waals surface area contributed by atoms with E-state index in [0.717, 1.165) is 25.3 Å². The van der Waals surface area contributed by atoms with E-state index in [2.05, 4.69) is 4.90 Å². The van der Waals surface area contributed by atoms with Crippen LogP contribution in [0.15, 0.2) is 30.3 Å². The number of ether oxygens (including phenoxy) is 1. The summed E-state index contributed by atoms with van der Waals surface area (Å²) in [6.07, 6.45) is 4.62. The third kappa shape index (κ3) is 3.09. The van der Waals surface area contributed by atoms with E-state index in [9.17, 15) is 4.79 Å². The lowest BCUT2D eigenvalue weighted by molar-refractivity contribution is -0.133. The lowest BCUT2D eigenvalue weighted by atomic mass is 10.1. The van der Waals surface area contributed by atoms with Crippen LogP contribution in [0.1, 0.15) is 25.7 Å². The molecule has 1 aromatic rings. The van der Waals surface area contributed by atoms with Crippen LogP contribution < -0.4 is 4.74 Å². The van der Waals surface area contributed by atoms with Gasteiger partial charge in [0.15, 0.2) is 0 Å². The molecule has 0 spiro atoms. The predicted octanol–water partition coefficient (Wildman–Crippen LogP) is 2.71. The summed E-state index contributed by atoms with van der Waals surface area (Å²) in [7, 11) is 0. The maximum Gasteiger partial charge on any atom is 0.226 e. The van der Waals surface area contributed by atoms with Gasteiger partial charge < -0.3 is 9.64 Å². The normalized spacial score (nSPS) is 26.0. The van der Waals surface area contributed by atoms with Gasteiger partial charge in [0.05, 0.1) is 6.61 Å². The zero-order valence-corrected chi connectivity index (χ0v) is 11.3. The van der Waals surface area contributed by atoms with Crippen molar-refractivity contribution in [2.24, 2.45) is 11.8 Å². The van der Waals surface area contributed by atoms with Crippen molar-refractivity contribution in [2.75, 3.05) is 19.7 Å². The monoisotopic (exact) mass is 259 g/mol. The second kappa shape index (κ2) is 5.64. The van der Waals surface area contributed by atoms with Crippen molar-refractivity contribution in [3.05, 3.63) is 30.3 Å². The molecule has 1 aliphatic heterocycles. The van der Waals surface area contributed by atoms with E-state index in [-0.39, 0.29) is 5.92 Å². The van der Waals surface area contributed by atoms with E-state index >= 15 is 0 Å². The highest BCUT2D eigenvalue weighted by Crippen LogP contribution is 2.40. The minimum atomic E-state index is 0.224. The summed E-state index contributed by atoms with van der Waals surface area (Å²) >= 11 is 0. The minimum Gasteiger partial charge on any atom is -0.493 e. The quantitative estimate of drug-likeness (QED) is 0.832. The molecule has 102 valence electrons. The summed E-state index contributed by atoms with van der Waals surface area (Å²) in [4.78, 5) is 14.3. The molecule has 2 fully saturated rings. The van der Waals surface area contributed by atoms with Crippen molar-refractivity contribution in [2.45, 2.75) is 25.7 Å². The molecule has 1 amide bonds. The lowest BCUT2D eigenvalue weighted by Gasteiger charge is -2.26. The Morgan fingerprint density at radius 2 is 1.89 bits per heavy atom. The Labute approximate surface area is 114 Å². The number of hydrogen-bond donors (Lipinski definition) is 0. The molecular formula is C16H21NO2. The molecule has 3 rings (SSSR count). The standard InChI is InChI=1S/C16H21NO2/c18-16(17-9-5-2-6-10-17)15-11-13(15)12-19-14-7-3-1-4-8-14/h1,3-4,7-8,13,15H,2,5-6,9-12H2. The van der Waals surface area contributed by atoms with Gasteiger partial charge in [0.1, 0.15) is 5.75 Å². The maximum atomic E-state index is 12.3. The molecule has 1 aliphatic carbocycles. The van der Waals surface area contributed by atoms with Gasteiger partial charge >= 0.3 is 0 Å². The van der Waals surface area contributed by atoms with Gasteiger partial charge in [-0.2, -0.15) is 0 Å². The van der Waals surface area contributed by atoms with Crippen LogP contribution in [0.25, 0.3) is 0 Å². The molecule has 1 aromatic carbocycles. The molecule has 2 aliphatic rings. The minimum absolute atomic E-state index is 0.224. The van der Waals surface area contributed by atoms with Crippen molar-refractivity contribution >= 4 is 5.91 Å². The Bertz CT molecular complexity index is 426. The summed E-state index contributed by atoms with van der Waals surface area (Å²) in [5.74, 6) is 1.91. The summed E-state index contributed by atoms with van der Waals surface area (Å²) in [6, 6.07) is 9.84. The van der Waals surface area contributed by atoms with Crippen molar-refractivity contribution in [1.82, 2.24) is 4.90 Å². The largest absolute Gasteiger partial charge is 0.493 e. The fourth-order valence-electron chi connectivity index (χ4n) is 2.80. The first-order valence-electron chi connectivity index (χ1n) is 7.31. The molecule has 3 heteroatoms. The Hall–Kier alpha value is -1.51. The van der Waals surface area contributed by atoms with Crippen LogP contribution in [0.5, 0.6) is 5.75 Å². The van der Waals surface area contributed by atoms with Crippen LogP contribution in [0, 0.1) is 11.8 Å². The third-order valence-electron chi connectivity index (χ3n) is 4.11. The Kier molecular flexibility index (Phi) is 3.72. The summed E-state index contributed by atoms with van der Waals surface area (Å²) < 4.78 is 5.73. The van der Waals surface area contributed by atoms with Crippen LogP contribution in [-0.4, -0.2) is 30.5 Å². The number of hydrogen-bond acceptors (Lipinski definition) is 2. The number of amides is 1. The second-order valence-corrected chi connectivity index (χ2v) is 5.61. The van der Waals surface area contributed by atoms with E-state index in [0.29, 0.717) is 18.4 Å². The highest BCUT2D eigenvalue weighted by Gasteiger charge is 2.45. The number of para-hydroxylation sites is 1. The van der Waals surface area contributed by atoms with E-state index in [1.807, 2.05) is 30.3 Å². The van der Waals surface area contributed by atoms with Crippen LogP contribution in [0.2, 0.25) is 0 Å². The molecule has 0 radical (unpaired) electrons. The number of rotatable bonds is 4. The number of piperidine rings is 1. The van der Waals surface area contributed by atoms with Gasteiger partial charge in [-0.1, -0.05) is 18.2 Å². The number of nitrogens with zero attached hydrogens (tertiary/aromatic N) is 1. The van der Waals surface area contributed by atoms with Gasteiger partial charge in [0.2, 0.25) is 5.91 Å². The topological polar surface area (TPSA) is 29.5 Å². The molecule has 1 saturated heterocycles. The van der Waals surface area contributed by atoms with Gasteiger partial charge in [-0.3, -0.25) is 4.79 Å². The van der Waals surface area contributed by atoms with Gasteiger partial charge in [-0.05, 0) is 37.8 Å². The summed E-state index contributed by atoms with van der Waals surface area (Å²) in [6.45, 7) is 2.59. The average molecular weight is 259 g/mol. The molecule has 19 heavy (non-hydrogen) atoms. The van der Waals surface area contributed by atoms with Gasteiger partial charge in [0.25, 0.3) is 0 Å². The fraction of sp³-hybridized carbons (Fsp3) is 0.562. The Morgan fingerprint density at radius 3 is 2.63 bits per heavy atom. The van der Waals surface area contributed by atoms with Crippen molar-refractivity contribution in [3.63, 3.8) is 0 Å². The molecular weight excluding hydrogens is 238 g/mol. The van der Waals surface area contributed by atoms with Crippen LogP contribution in [0.4, 0.5) is 0 Å². The van der Waals surface area contributed by atoms with Gasteiger partial charge in [-0.15, -0.1) is 0 Å². The Morgan fingerprint density at radius 1 is 1.16 bits per heavy atom. The highest BCUT2D eigenvalue weighted by atomic mass is 16.5. The fourth-order valence-corrected chi connectivity index (χ4v) is 2.80. The zero-order valence-electron chi connectivity index (χ0n) is 11.3. The van der Waals surface area contributed by atoms with Crippen molar-refractivity contribution in [3.8, 4) is 5.75 Å². The lowest BCUT2D eigenvalue weighted by Crippen LogP contribution is -2.37. The smallest absolute Gasteiger partial charge is 0.226 e. The number of likely N-dealkylation sites (tertiary alicyclic amines) is 1. The number of carbonyl (C=O) groups excluding carboxylic acids is 1. The number of carbonyl (C=O) groups is 1. The molecule has 1 heterocycles. The van der Waals surface area contributed by atoms with Crippen LogP contribution >= 0.6 is 0 Å². The molecule has 3 nitrogen and oxygen atoms in total. The van der Waals surface area contributed by atoms with Crippen molar-refractivity contribution in [1.29, 1.82) is 0 Å². The van der Waals surface area contributed by atoms with Crippen LogP contribution in [0.3, 0.4) is 0 Å². The summed E-state index contributed by atoms with van der Waals surface area (Å²) in [5, 5.41) is 0. The SMILES string of the molecule is O=C(C1CC1COc1ccccc1)N1CCCCC1. The van der Waals surface area contributed by atoms with Gasteiger partial charge in [-0.25, -0.2) is 0 Å². The third-order valence-corrected chi connectivity index (χ3v) is 4.11. The first-order chi connectivity index (χ1) is 9.34. The highest BCUT2D eigenvalue weighted by molar-refractivity contribution is 5.81.